The van der Waals surface area contributed by atoms with E-state index < -0.39 is 11.6 Å². The first kappa shape index (κ1) is 19.5. The lowest BCUT2D eigenvalue weighted by Crippen LogP contribution is -2.26. The standard InChI is InChI=1S/C21H20F2N2O3/c1-25(13-14-7-8-18(27-2)17(23)11-14)21(26)10-9-20-24-12-19(28-20)15-5-3-4-6-16(15)22/h3-8,11-12H,9-10,13H2,1-2H3. The molecule has 3 aromatic rings. The van der Waals surface area contributed by atoms with Gasteiger partial charge in [-0.05, 0) is 29.8 Å². The van der Waals surface area contributed by atoms with Gasteiger partial charge in [-0.15, -0.1) is 0 Å². The minimum atomic E-state index is -0.471. The van der Waals surface area contributed by atoms with Crippen LogP contribution >= 0.6 is 0 Å². The lowest BCUT2D eigenvalue weighted by molar-refractivity contribution is -0.130. The molecule has 0 N–H and O–H groups in total. The third-order valence-electron chi connectivity index (χ3n) is 4.31. The van der Waals surface area contributed by atoms with Crippen molar-refractivity contribution in [1.29, 1.82) is 0 Å². The number of nitrogens with zero attached hydrogens (tertiary/aromatic N) is 2. The van der Waals surface area contributed by atoms with E-state index in [0.717, 1.165) is 0 Å². The molecule has 0 saturated heterocycles. The van der Waals surface area contributed by atoms with Gasteiger partial charge < -0.3 is 14.1 Å². The molecule has 0 atom stereocenters. The van der Waals surface area contributed by atoms with Crippen molar-refractivity contribution in [3.8, 4) is 17.1 Å². The van der Waals surface area contributed by atoms with Gasteiger partial charge in [-0.3, -0.25) is 4.79 Å². The van der Waals surface area contributed by atoms with Crippen LogP contribution in [0.1, 0.15) is 17.9 Å². The van der Waals surface area contributed by atoms with Gasteiger partial charge in [0, 0.05) is 26.4 Å². The van der Waals surface area contributed by atoms with Crippen molar-refractivity contribution < 1.29 is 22.7 Å². The highest BCUT2D eigenvalue weighted by Crippen LogP contribution is 2.24. The molecule has 146 valence electrons. The molecule has 0 spiro atoms. The fraction of sp³-hybridized carbons (Fsp3) is 0.238. The number of methoxy groups -OCH3 is 1. The molecule has 7 heteroatoms. The molecule has 0 unspecified atom stereocenters. The normalized spacial score (nSPS) is 10.7. The molecule has 0 fully saturated rings. The first-order chi connectivity index (χ1) is 13.5. The van der Waals surface area contributed by atoms with Gasteiger partial charge in [0.05, 0.1) is 18.9 Å². The molecule has 2 aromatic carbocycles. The van der Waals surface area contributed by atoms with Crippen molar-refractivity contribution >= 4 is 5.91 Å². The van der Waals surface area contributed by atoms with Crippen molar-refractivity contribution in [3.05, 3.63) is 71.8 Å². The van der Waals surface area contributed by atoms with Crippen molar-refractivity contribution in [2.45, 2.75) is 19.4 Å². The second-order valence-electron chi connectivity index (χ2n) is 6.32. The third-order valence-corrected chi connectivity index (χ3v) is 4.31. The average molecular weight is 386 g/mol. The van der Waals surface area contributed by atoms with Crippen molar-refractivity contribution in [1.82, 2.24) is 9.88 Å². The number of aryl methyl sites for hydroxylation is 1. The fourth-order valence-electron chi connectivity index (χ4n) is 2.79. The van der Waals surface area contributed by atoms with Crippen LogP contribution in [0.2, 0.25) is 0 Å². The number of ether oxygens (including phenoxy) is 1. The summed E-state index contributed by atoms with van der Waals surface area (Å²) in [6.45, 7) is 0.270. The highest BCUT2D eigenvalue weighted by Gasteiger charge is 2.14. The summed E-state index contributed by atoms with van der Waals surface area (Å²) in [6, 6.07) is 10.8. The van der Waals surface area contributed by atoms with E-state index in [-0.39, 0.29) is 31.0 Å². The maximum atomic E-state index is 13.8. The van der Waals surface area contributed by atoms with Crippen LogP contribution in [0.15, 0.2) is 53.1 Å². The summed E-state index contributed by atoms with van der Waals surface area (Å²) < 4.78 is 38.0. The molecule has 0 radical (unpaired) electrons. The molecule has 1 heterocycles. The van der Waals surface area contributed by atoms with E-state index in [2.05, 4.69) is 4.98 Å². The minimum Gasteiger partial charge on any atom is -0.494 e. The SMILES string of the molecule is COc1ccc(CN(C)C(=O)CCc2ncc(-c3ccccc3F)o2)cc1F. The Labute approximate surface area is 161 Å². The maximum Gasteiger partial charge on any atom is 0.223 e. The van der Waals surface area contributed by atoms with Crippen molar-refractivity contribution in [2.75, 3.05) is 14.2 Å². The molecule has 1 amide bonds. The Hall–Kier alpha value is -3.22. The molecular weight excluding hydrogens is 366 g/mol. The largest absolute Gasteiger partial charge is 0.494 e. The Morgan fingerprint density at radius 3 is 2.68 bits per heavy atom. The van der Waals surface area contributed by atoms with Gasteiger partial charge in [0.2, 0.25) is 5.91 Å². The van der Waals surface area contributed by atoms with Gasteiger partial charge in [-0.1, -0.05) is 18.2 Å². The van der Waals surface area contributed by atoms with Gasteiger partial charge in [0.1, 0.15) is 5.82 Å². The summed E-state index contributed by atoms with van der Waals surface area (Å²) in [5.41, 5.74) is 0.985. The number of oxazole rings is 1. The van der Waals surface area contributed by atoms with E-state index >= 15 is 0 Å². The van der Waals surface area contributed by atoms with Crippen LogP contribution in [0, 0.1) is 11.6 Å². The zero-order chi connectivity index (χ0) is 20.1. The highest BCUT2D eigenvalue weighted by molar-refractivity contribution is 5.76. The number of aromatic nitrogens is 1. The first-order valence-electron chi connectivity index (χ1n) is 8.74. The molecule has 0 saturated carbocycles. The molecule has 0 aliphatic carbocycles. The van der Waals surface area contributed by atoms with Crippen LogP contribution in [0.4, 0.5) is 8.78 Å². The van der Waals surface area contributed by atoms with E-state index in [1.807, 2.05) is 0 Å². The quantitative estimate of drug-likeness (QED) is 0.610. The molecular formula is C21H20F2N2O3. The summed E-state index contributed by atoms with van der Waals surface area (Å²) in [7, 11) is 3.04. The van der Waals surface area contributed by atoms with E-state index in [1.165, 1.54) is 36.4 Å². The molecule has 5 nitrogen and oxygen atoms in total. The fourth-order valence-corrected chi connectivity index (χ4v) is 2.79. The predicted octanol–water partition coefficient (Wildman–Crippen LogP) is 4.22. The zero-order valence-corrected chi connectivity index (χ0v) is 15.6. The summed E-state index contributed by atoms with van der Waals surface area (Å²) in [6.07, 6.45) is 1.91. The highest BCUT2D eigenvalue weighted by atomic mass is 19.1. The number of hydrogen-bond donors (Lipinski definition) is 0. The number of rotatable bonds is 7. The molecule has 0 bridgehead atoms. The Morgan fingerprint density at radius 1 is 1.18 bits per heavy atom. The average Bonchev–Trinajstić information content (AvgIpc) is 3.15. The zero-order valence-electron chi connectivity index (χ0n) is 15.6. The molecule has 0 aliphatic heterocycles. The molecule has 0 aliphatic rings. The second kappa shape index (κ2) is 8.65. The Bertz CT molecular complexity index is 972. The van der Waals surface area contributed by atoms with Crippen LogP contribution in [-0.4, -0.2) is 29.9 Å². The van der Waals surface area contributed by atoms with E-state index in [9.17, 15) is 13.6 Å². The van der Waals surface area contributed by atoms with Crippen LogP contribution < -0.4 is 4.74 Å². The maximum absolute atomic E-state index is 13.8. The minimum absolute atomic E-state index is 0.137. The van der Waals surface area contributed by atoms with Crippen LogP contribution in [0.25, 0.3) is 11.3 Å². The lowest BCUT2D eigenvalue weighted by atomic mass is 10.2. The number of hydrogen-bond acceptors (Lipinski definition) is 4. The Kier molecular flexibility index (Phi) is 6.03. The number of benzene rings is 2. The van der Waals surface area contributed by atoms with Crippen molar-refractivity contribution in [3.63, 3.8) is 0 Å². The van der Waals surface area contributed by atoms with E-state index in [0.29, 0.717) is 22.8 Å². The summed E-state index contributed by atoms with van der Waals surface area (Å²) >= 11 is 0. The van der Waals surface area contributed by atoms with Gasteiger partial charge in [0.25, 0.3) is 0 Å². The van der Waals surface area contributed by atoms with Crippen LogP contribution in [-0.2, 0) is 17.8 Å². The predicted molar refractivity (Wildman–Crippen MR) is 99.6 cm³/mol. The summed E-state index contributed by atoms with van der Waals surface area (Å²) in [4.78, 5) is 18.0. The van der Waals surface area contributed by atoms with Crippen LogP contribution in [0.5, 0.6) is 5.75 Å². The monoisotopic (exact) mass is 386 g/mol. The Morgan fingerprint density at radius 2 is 1.96 bits per heavy atom. The topological polar surface area (TPSA) is 55.6 Å². The van der Waals surface area contributed by atoms with Gasteiger partial charge >= 0.3 is 0 Å². The third kappa shape index (κ3) is 4.54. The summed E-state index contributed by atoms with van der Waals surface area (Å²) in [5.74, 6) is -0.165. The van der Waals surface area contributed by atoms with E-state index in [1.54, 1.807) is 31.3 Å². The number of halogens is 2. The first-order valence-corrected chi connectivity index (χ1v) is 8.74. The van der Waals surface area contributed by atoms with Gasteiger partial charge in [0.15, 0.2) is 23.2 Å². The molecule has 28 heavy (non-hydrogen) atoms. The second-order valence-corrected chi connectivity index (χ2v) is 6.32. The van der Waals surface area contributed by atoms with Crippen molar-refractivity contribution in [2.24, 2.45) is 0 Å². The number of carbonyl (C=O) groups excluding carboxylic acids is 1. The summed E-state index contributed by atoms with van der Waals surface area (Å²) in [5, 5.41) is 0. The smallest absolute Gasteiger partial charge is 0.223 e. The van der Waals surface area contributed by atoms with Gasteiger partial charge in [-0.2, -0.15) is 0 Å². The Balaban J connectivity index is 1.57. The number of carbonyl (C=O) groups is 1. The molecule has 1 aromatic heterocycles. The van der Waals surface area contributed by atoms with E-state index in [4.69, 9.17) is 9.15 Å². The molecule has 3 rings (SSSR count). The van der Waals surface area contributed by atoms with Crippen LogP contribution in [0.3, 0.4) is 0 Å². The number of amides is 1. The lowest BCUT2D eigenvalue weighted by Gasteiger charge is -2.17. The van der Waals surface area contributed by atoms with Gasteiger partial charge in [-0.25, -0.2) is 13.8 Å².